The minimum atomic E-state index is -1.37. The van der Waals surface area contributed by atoms with Crippen LogP contribution in [-0.4, -0.2) is 5.43 Å². The van der Waals surface area contributed by atoms with Crippen LogP contribution in [0, 0.1) is 0 Å². The van der Waals surface area contributed by atoms with E-state index in [0.29, 0.717) is 0 Å². The van der Waals surface area contributed by atoms with Crippen LogP contribution in [0.5, 0.6) is 0 Å². The number of allylic oxidation sites excluding steroid dienone is 8. The van der Waals surface area contributed by atoms with Crippen molar-refractivity contribution in [2.75, 3.05) is 0 Å². The maximum absolute atomic E-state index is 2.52. The molecule has 0 bridgehead atoms. The van der Waals surface area contributed by atoms with E-state index in [2.05, 4.69) is 50.4 Å². The Kier molecular flexibility index (Phi) is 3.79. The quantitative estimate of drug-likeness (QED) is 0.677. The van der Waals surface area contributed by atoms with Gasteiger partial charge in [-0.2, -0.15) is 0 Å². The Labute approximate surface area is 101 Å². The standard InChI is InChI=1S/C6H7.C5H5.C2H6Si.Zr/c1-6-4-2-3-5-6;1-2-4-5-3-1;1-3-2;/h4-5H,2H2,1H3;1-3H,4H2;1-2H3;. The minimum absolute atomic E-state index is 0.0753. The van der Waals surface area contributed by atoms with Gasteiger partial charge in [-0.1, -0.05) is 0 Å². The van der Waals surface area contributed by atoms with E-state index in [1.54, 1.807) is 0 Å². The molecule has 0 spiro atoms. The second kappa shape index (κ2) is 4.93. The molecule has 0 atom stereocenters. The fourth-order valence-electron chi connectivity index (χ4n) is 2.32. The summed E-state index contributed by atoms with van der Waals surface area (Å²) in [5.74, 6) is 0. The monoisotopic (exact) mass is 292 g/mol. The zero-order valence-electron chi connectivity index (χ0n) is 9.80. The molecular weight excluding hydrogens is 275 g/mol. The molecule has 2 aliphatic carbocycles. The van der Waals surface area contributed by atoms with Gasteiger partial charge in [-0.25, -0.2) is 0 Å². The third-order valence-electron chi connectivity index (χ3n) is 2.96. The predicted octanol–water partition coefficient (Wildman–Crippen LogP) is 3.93. The van der Waals surface area contributed by atoms with Crippen molar-refractivity contribution in [3.8, 4) is 0 Å². The Morgan fingerprint density at radius 3 is 2.47 bits per heavy atom. The molecule has 0 radical (unpaired) electrons. The van der Waals surface area contributed by atoms with E-state index in [0.717, 1.165) is 0 Å². The van der Waals surface area contributed by atoms with Gasteiger partial charge in [-0.15, -0.1) is 0 Å². The molecule has 0 heterocycles. The van der Waals surface area contributed by atoms with Gasteiger partial charge in [0.15, 0.2) is 0 Å². The molecule has 0 aromatic heterocycles. The first-order chi connectivity index (χ1) is 7.18. The van der Waals surface area contributed by atoms with Gasteiger partial charge >= 0.3 is 101 Å². The van der Waals surface area contributed by atoms with Crippen molar-refractivity contribution >= 4 is 5.43 Å². The van der Waals surface area contributed by atoms with Crippen LogP contribution >= 0.6 is 0 Å². The molecular formula is C13H18SiZr. The first-order valence-corrected chi connectivity index (χ1v) is 14.2. The van der Waals surface area contributed by atoms with Crippen molar-refractivity contribution in [2.24, 2.45) is 0 Å². The van der Waals surface area contributed by atoms with Gasteiger partial charge in [0.1, 0.15) is 0 Å². The molecule has 0 fully saturated rings. The van der Waals surface area contributed by atoms with Crippen LogP contribution in [0.15, 0.2) is 42.5 Å². The predicted molar refractivity (Wildman–Crippen MR) is 65.8 cm³/mol. The zero-order chi connectivity index (χ0) is 10.8. The maximum atomic E-state index is 2.52. The summed E-state index contributed by atoms with van der Waals surface area (Å²) < 4.78 is 3.69. The average molecular weight is 294 g/mol. The van der Waals surface area contributed by atoms with Crippen LogP contribution < -0.4 is 0 Å². The Balaban J connectivity index is 2.31. The molecule has 2 heteroatoms. The number of hydrogen-bond donors (Lipinski definition) is 0. The molecule has 0 unspecified atom stereocenters. The Hall–Kier alpha value is 0.0600. The summed E-state index contributed by atoms with van der Waals surface area (Å²) in [6.07, 6.45) is 14.4. The summed E-state index contributed by atoms with van der Waals surface area (Å²) in [5.41, 5.74) is 1.42. The number of hydrogen-bond acceptors (Lipinski definition) is 0. The van der Waals surface area contributed by atoms with Gasteiger partial charge in [0, 0.05) is 0 Å². The molecule has 0 nitrogen and oxygen atoms in total. The summed E-state index contributed by atoms with van der Waals surface area (Å²) >= 11 is -1.37. The summed E-state index contributed by atoms with van der Waals surface area (Å²) in [7, 11) is 0. The van der Waals surface area contributed by atoms with Crippen LogP contribution in [0.3, 0.4) is 0 Å². The van der Waals surface area contributed by atoms with E-state index >= 15 is 0 Å². The molecule has 0 saturated heterocycles. The molecule has 0 N–H and O–H groups in total. The molecule has 2 aliphatic rings. The molecule has 2 rings (SSSR count). The average Bonchev–Trinajstić information content (AvgIpc) is 2.77. The van der Waals surface area contributed by atoms with E-state index in [1.807, 2.05) is 6.56 Å². The molecule has 0 amide bonds. The molecule has 15 heavy (non-hydrogen) atoms. The van der Waals surface area contributed by atoms with E-state index in [9.17, 15) is 0 Å². The third-order valence-corrected chi connectivity index (χ3v) is 20.1. The van der Waals surface area contributed by atoms with Crippen molar-refractivity contribution in [3.63, 3.8) is 0 Å². The Morgan fingerprint density at radius 1 is 1.20 bits per heavy atom. The molecule has 78 valence electrons. The first-order valence-electron chi connectivity index (χ1n) is 5.59. The molecule has 0 aromatic carbocycles. The second-order valence-corrected chi connectivity index (χ2v) is 21.9. The fourth-order valence-corrected chi connectivity index (χ4v) is 19.3. The Morgan fingerprint density at radius 2 is 2.00 bits per heavy atom. The van der Waals surface area contributed by atoms with Crippen LogP contribution in [-0.2, 0) is 20.4 Å². The van der Waals surface area contributed by atoms with Crippen LogP contribution in [0.4, 0.5) is 0 Å². The molecule has 0 aliphatic heterocycles. The van der Waals surface area contributed by atoms with Crippen molar-refractivity contribution in [2.45, 2.75) is 32.9 Å². The topological polar surface area (TPSA) is 0 Å². The zero-order valence-corrected chi connectivity index (χ0v) is 13.3. The summed E-state index contributed by atoms with van der Waals surface area (Å²) in [6.45, 7) is 7.28. The number of rotatable bonds is 2. The third kappa shape index (κ3) is 2.60. The van der Waals surface area contributed by atoms with Crippen molar-refractivity contribution < 1.29 is 20.4 Å². The first kappa shape index (κ1) is 11.5. The van der Waals surface area contributed by atoms with E-state index in [4.69, 9.17) is 0 Å². The summed E-state index contributed by atoms with van der Waals surface area (Å²) in [4.78, 5) is 0. The fraction of sp³-hybridized carbons (Fsp3) is 0.385. The summed E-state index contributed by atoms with van der Waals surface area (Å²) in [6, 6.07) is 0. The van der Waals surface area contributed by atoms with Gasteiger partial charge in [0.25, 0.3) is 0 Å². The second-order valence-electron chi connectivity index (χ2n) is 4.52. The van der Waals surface area contributed by atoms with Gasteiger partial charge in [0.05, 0.1) is 0 Å². The Bertz CT molecular complexity index is 429. The van der Waals surface area contributed by atoms with Crippen molar-refractivity contribution in [1.82, 2.24) is 0 Å². The molecule has 0 saturated carbocycles. The SMILES string of the molecule is CC1=CC[C]([Zr]([C]2=CC=CC2)=[Si](C)C)=C1. The van der Waals surface area contributed by atoms with E-state index in [1.165, 1.54) is 18.4 Å². The summed E-state index contributed by atoms with van der Waals surface area (Å²) in [5, 5.41) is 0. The van der Waals surface area contributed by atoms with Crippen molar-refractivity contribution in [1.29, 1.82) is 0 Å². The molecule has 0 aromatic rings. The van der Waals surface area contributed by atoms with E-state index in [-0.39, 0.29) is 5.43 Å². The van der Waals surface area contributed by atoms with Gasteiger partial charge in [-0.05, 0) is 0 Å². The van der Waals surface area contributed by atoms with Crippen LogP contribution in [0.2, 0.25) is 13.1 Å². The van der Waals surface area contributed by atoms with Crippen LogP contribution in [0.25, 0.3) is 0 Å². The van der Waals surface area contributed by atoms with Gasteiger partial charge in [0.2, 0.25) is 0 Å². The van der Waals surface area contributed by atoms with E-state index < -0.39 is 20.4 Å². The van der Waals surface area contributed by atoms with Crippen LogP contribution in [0.1, 0.15) is 19.8 Å². The van der Waals surface area contributed by atoms with Gasteiger partial charge < -0.3 is 0 Å². The van der Waals surface area contributed by atoms with Crippen molar-refractivity contribution in [3.05, 3.63) is 42.5 Å². The van der Waals surface area contributed by atoms with Gasteiger partial charge in [-0.3, -0.25) is 0 Å². The normalized spacial score (nSPS) is 18.7.